The number of rotatable bonds is 3. The number of nitrogens with one attached hydrogen (secondary N) is 1. The molecule has 1 heterocycles. The minimum atomic E-state index is -0.745. The van der Waals surface area contributed by atoms with Gasteiger partial charge in [-0.05, 0) is 12.2 Å². The van der Waals surface area contributed by atoms with E-state index in [2.05, 4.69) is 10.4 Å². The molecule has 0 aromatic carbocycles. The molecule has 0 saturated heterocycles. The average Bonchev–Trinajstić information content (AvgIpc) is 2.84. The SMILES string of the molecule is CCC(=O)O.Cn1ccc(N/C=C2\C=CC=CC2=O)n1. The standard InChI is InChI=1S/C11H11N3O.C3H6O2/c1-14-7-6-11(13-14)12-8-9-4-2-3-5-10(9)15;1-2-3(4)5/h2-8H,1H3,(H,12,13);2H2,1H3,(H,4,5)/b9-8+;. The molecule has 1 aromatic heterocycles. The summed E-state index contributed by atoms with van der Waals surface area (Å²) in [6, 6.07) is 1.84. The van der Waals surface area contributed by atoms with Crippen molar-refractivity contribution in [3.8, 4) is 0 Å². The van der Waals surface area contributed by atoms with Crippen molar-refractivity contribution in [3.05, 3.63) is 48.3 Å². The van der Waals surface area contributed by atoms with Gasteiger partial charge in [0.25, 0.3) is 0 Å². The number of carboxylic acid groups (broad SMARTS) is 1. The van der Waals surface area contributed by atoms with Crippen LogP contribution < -0.4 is 5.32 Å². The summed E-state index contributed by atoms with van der Waals surface area (Å²) in [5.41, 5.74) is 0.628. The lowest BCUT2D eigenvalue weighted by Gasteiger charge is -2.01. The van der Waals surface area contributed by atoms with Crippen LogP contribution >= 0.6 is 0 Å². The Kier molecular flexibility index (Phi) is 5.96. The Labute approximate surface area is 117 Å². The number of hydrogen-bond donors (Lipinski definition) is 2. The van der Waals surface area contributed by atoms with Gasteiger partial charge in [0.2, 0.25) is 0 Å². The molecule has 20 heavy (non-hydrogen) atoms. The maximum atomic E-state index is 11.3. The molecule has 2 rings (SSSR count). The summed E-state index contributed by atoms with van der Waals surface area (Å²) in [6.45, 7) is 1.60. The van der Waals surface area contributed by atoms with Gasteiger partial charge in [0, 0.05) is 37.5 Å². The molecule has 0 spiro atoms. The van der Waals surface area contributed by atoms with Gasteiger partial charge in [-0.25, -0.2) is 0 Å². The highest BCUT2D eigenvalue weighted by Crippen LogP contribution is 2.08. The summed E-state index contributed by atoms with van der Waals surface area (Å²) in [6.07, 6.45) is 10.6. The van der Waals surface area contributed by atoms with Crippen LogP contribution in [0.3, 0.4) is 0 Å². The minimum absolute atomic E-state index is 0.000862. The minimum Gasteiger partial charge on any atom is -0.481 e. The van der Waals surface area contributed by atoms with Crippen molar-refractivity contribution in [3.63, 3.8) is 0 Å². The number of aliphatic carboxylic acids is 1. The van der Waals surface area contributed by atoms with Gasteiger partial charge in [0.05, 0.1) is 0 Å². The van der Waals surface area contributed by atoms with E-state index in [-0.39, 0.29) is 12.2 Å². The Morgan fingerprint density at radius 1 is 1.45 bits per heavy atom. The lowest BCUT2D eigenvalue weighted by atomic mass is 10.1. The topological polar surface area (TPSA) is 84.2 Å². The number of allylic oxidation sites excluding steroid dienone is 5. The first-order valence-corrected chi connectivity index (χ1v) is 6.10. The Morgan fingerprint density at radius 3 is 2.60 bits per heavy atom. The Hall–Kier alpha value is -2.63. The molecule has 0 radical (unpaired) electrons. The zero-order valence-electron chi connectivity index (χ0n) is 11.4. The van der Waals surface area contributed by atoms with Gasteiger partial charge in [0.15, 0.2) is 11.6 Å². The van der Waals surface area contributed by atoms with Crippen LogP contribution in [0.5, 0.6) is 0 Å². The van der Waals surface area contributed by atoms with Crippen molar-refractivity contribution in [2.45, 2.75) is 13.3 Å². The number of aryl methyl sites for hydroxylation is 1. The van der Waals surface area contributed by atoms with Crippen molar-refractivity contribution < 1.29 is 14.7 Å². The van der Waals surface area contributed by atoms with E-state index in [1.807, 2.05) is 25.4 Å². The van der Waals surface area contributed by atoms with E-state index in [1.165, 1.54) is 6.08 Å². The van der Waals surface area contributed by atoms with E-state index in [0.717, 1.165) is 5.82 Å². The van der Waals surface area contributed by atoms with Gasteiger partial charge in [-0.1, -0.05) is 19.1 Å². The fourth-order valence-electron chi connectivity index (χ4n) is 1.24. The predicted molar refractivity (Wildman–Crippen MR) is 76.1 cm³/mol. The van der Waals surface area contributed by atoms with Gasteiger partial charge in [-0.15, -0.1) is 0 Å². The van der Waals surface area contributed by atoms with Gasteiger partial charge < -0.3 is 10.4 Å². The van der Waals surface area contributed by atoms with E-state index in [1.54, 1.807) is 30.0 Å². The molecule has 106 valence electrons. The molecule has 0 bridgehead atoms. The molecule has 1 aliphatic rings. The van der Waals surface area contributed by atoms with Crippen LogP contribution in [0.2, 0.25) is 0 Å². The van der Waals surface area contributed by atoms with Crippen molar-refractivity contribution >= 4 is 17.6 Å². The van der Waals surface area contributed by atoms with Crippen LogP contribution in [0.4, 0.5) is 5.82 Å². The molecule has 2 N–H and O–H groups in total. The molecule has 0 atom stereocenters. The van der Waals surface area contributed by atoms with E-state index in [9.17, 15) is 9.59 Å². The average molecular weight is 275 g/mol. The third-order valence-electron chi connectivity index (χ3n) is 2.31. The molecule has 0 unspecified atom stereocenters. The first kappa shape index (κ1) is 15.4. The zero-order chi connectivity index (χ0) is 15.0. The van der Waals surface area contributed by atoms with Gasteiger partial charge in [-0.2, -0.15) is 5.10 Å². The molecule has 0 saturated carbocycles. The Bertz CT molecular complexity index is 568. The number of carbonyl (C=O) groups excluding carboxylic acids is 1. The highest BCUT2D eigenvalue weighted by Gasteiger charge is 2.04. The number of ketones is 1. The molecule has 0 fully saturated rings. The first-order valence-electron chi connectivity index (χ1n) is 6.10. The number of carboxylic acids is 1. The normalized spacial score (nSPS) is 14.9. The maximum Gasteiger partial charge on any atom is 0.303 e. The molecule has 1 aromatic rings. The molecular weight excluding hydrogens is 258 g/mol. The summed E-state index contributed by atoms with van der Waals surface area (Å²) >= 11 is 0. The molecule has 1 aliphatic carbocycles. The van der Waals surface area contributed by atoms with Gasteiger partial charge in [0.1, 0.15) is 0 Å². The van der Waals surface area contributed by atoms with Gasteiger partial charge >= 0.3 is 5.97 Å². The first-order chi connectivity index (χ1) is 9.52. The van der Waals surface area contributed by atoms with Crippen LogP contribution in [-0.2, 0) is 16.6 Å². The number of anilines is 1. The van der Waals surface area contributed by atoms with E-state index in [0.29, 0.717) is 5.57 Å². The monoisotopic (exact) mass is 275 g/mol. The highest BCUT2D eigenvalue weighted by molar-refractivity contribution is 6.07. The van der Waals surface area contributed by atoms with E-state index in [4.69, 9.17) is 5.11 Å². The summed E-state index contributed by atoms with van der Waals surface area (Å²) in [4.78, 5) is 20.7. The van der Waals surface area contributed by atoms with Crippen molar-refractivity contribution in [1.82, 2.24) is 9.78 Å². The van der Waals surface area contributed by atoms with Crippen LogP contribution in [0, 0.1) is 0 Å². The smallest absolute Gasteiger partial charge is 0.303 e. The van der Waals surface area contributed by atoms with Crippen LogP contribution in [-0.4, -0.2) is 26.6 Å². The third-order valence-corrected chi connectivity index (χ3v) is 2.31. The molecule has 6 heteroatoms. The van der Waals surface area contributed by atoms with Crippen LogP contribution in [0.1, 0.15) is 13.3 Å². The second kappa shape index (κ2) is 7.73. The van der Waals surface area contributed by atoms with Crippen molar-refractivity contribution in [2.24, 2.45) is 7.05 Å². The lowest BCUT2D eigenvalue weighted by Crippen LogP contribution is -2.02. The van der Waals surface area contributed by atoms with Gasteiger partial charge in [-0.3, -0.25) is 14.3 Å². The lowest BCUT2D eigenvalue weighted by molar-refractivity contribution is -0.136. The van der Waals surface area contributed by atoms with Crippen molar-refractivity contribution in [1.29, 1.82) is 0 Å². The van der Waals surface area contributed by atoms with E-state index < -0.39 is 5.97 Å². The maximum absolute atomic E-state index is 11.3. The largest absolute Gasteiger partial charge is 0.481 e. The second-order valence-electron chi connectivity index (χ2n) is 3.95. The number of carbonyl (C=O) groups is 2. The number of nitrogens with zero attached hydrogens (tertiary/aromatic N) is 2. The number of aromatic nitrogens is 2. The Morgan fingerprint density at radius 2 is 2.10 bits per heavy atom. The second-order valence-corrected chi connectivity index (χ2v) is 3.95. The fraction of sp³-hybridized carbons (Fsp3) is 0.214. The molecule has 0 amide bonds. The summed E-state index contributed by atoms with van der Waals surface area (Å²) < 4.78 is 1.69. The van der Waals surface area contributed by atoms with E-state index >= 15 is 0 Å². The summed E-state index contributed by atoms with van der Waals surface area (Å²) in [5, 5.41) is 14.8. The highest BCUT2D eigenvalue weighted by atomic mass is 16.4. The predicted octanol–water partition coefficient (Wildman–Crippen LogP) is 1.89. The molecule has 6 nitrogen and oxygen atoms in total. The summed E-state index contributed by atoms with van der Waals surface area (Å²) in [5.74, 6) is -0.0216. The zero-order valence-corrected chi connectivity index (χ0v) is 11.4. The fourth-order valence-corrected chi connectivity index (χ4v) is 1.24. The quantitative estimate of drug-likeness (QED) is 0.823. The molecule has 0 aliphatic heterocycles. The number of hydrogen-bond acceptors (Lipinski definition) is 4. The Balaban J connectivity index is 0.000000347. The third kappa shape index (κ3) is 5.34. The molecular formula is C14H17N3O3. The van der Waals surface area contributed by atoms with Crippen molar-refractivity contribution in [2.75, 3.05) is 5.32 Å². The van der Waals surface area contributed by atoms with Crippen LogP contribution in [0.25, 0.3) is 0 Å². The summed E-state index contributed by atoms with van der Waals surface area (Å²) in [7, 11) is 1.84. The van der Waals surface area contributed by atoms with Crippen LogP contribution in [0.15, 0.2) is 48.3 Å².